The number of likely N-dealkylation sites (N-methyl/N-ethyl adjacent to an activating group) is 1. The van der Waals surface area contributed by atoms with Gasteiger partial charge in [-0.25, -0.2) is 0 Å². The summed E-state index contributed by atoms with van der Waals surface area (Å²) in [6, 6.07) is 12.9. The number of benzene rings is 2. The maximum atomic E-state index is 12.3. The average molecular weight is 318 g/mol. The normalized spacial score (nSPS) is 10.4. The van der Waals surface area contributed by atoms with Crippen LogP contribution in [0.5, 0.6) is 5.75 Å². The van der Waals surface area contributed by atoms with Crippen molar-refractivity contribution in [3.8, 4) is 5.75 Å². The Bertz CT molecular complexity index is 653. The Kier molecular flexibility index (Phi) is 5.45. The number of hydrogen-bond donors (Lipinski definition) is 0. The fraction of sp³-hybridized carbons (Fsp3) is 0.278. The molecular formula is C18H20ClNO2. The van der Waals surface area contributed by atoms with Crippen molar-refractivity contribution in [2.24, 2.45) is 0 Å². The van der Waals surface area contributed by atoms with Gasteiger partial charge in [0.25, 0.3) is 5.91 Å². The van der Waals surface area contributed by atoms with Crippen molar-refractivity contribution in [1.82, 2.24) is 4.90 Å². The second kappa shape index (κ2) is 7.32. The highest BCUT2D eigenvalue weighted by Crippen LogP contribution is 2.15. The van der Waals surface area contributed by atoms with Gasteiger partial charge in [-0.3, -0.25) is 4.79 Å². The fourth-order valence-corrected chi connectivity index (χ4v) is 2.15. The Labute approximate surface area is 136 Å². The van der Waals surface area contributed by atoms with E-state index in [2.05, 4.69) is 0 Å². The van der Waals surface area contributed by atoms with Gasteiger partial charge < -0.3 is 9.64 Å². The summed E-state index contributed by atoms with van der Waals surface area (Å²) < 4.78 is 5.61. The van der Waals surface area contributed by atoms with Crippen LogP contribution in [0.1, 0.15) is 21.5 Å². The number of aryl methyl sites for hydroxylation is 2. The summed E-state index contributed by atoms with van der Waals surface area (Å²) in [6.45, 7) is 5.01. The molecule has 0 unspecified atom stereocenters. The number of nitrogens with zero attached hydrogens (tertiary/aromatic N) is 1. The zero-order valence-corrected chi connectivity index (χ0v) is 13.9. The summed E-state index contributed by atoms with van der Waals surface area (Å²) in [7, 11) is 1.78. The van der Waals surface area contributed by atoms with Crippen LogP contribution in [0.15, 0.2) is 42.5 Å². The molecule has 0 fully saturated rings. The van der Waals surface area contributed by atoms with Crippen molar-refractivity contribution in [3.05, 3.63) is 64.2 Å². The zero-order valence-electron chi connectivity index (χ0n) is 13.1. The first-order valence-corrected chi connectivity index (χ1v) is 7.56. The van der Waals surface area contributed by atoms with Gasteiger partial charge in [0.1, 0.15) is 12.4 Å². The Balaban J connectivity index is 1.88. The van der Waals surface area contributed by atoms with Crippen molar-refractivity contribution in [3.63, 3.8) is 0 Å². The van der Waals surface area contributed by atoms with Crippen LogP contribution in [0.4, 0.5) is 0 Å². The molecule has 0 radical (unpaired) electrons. The van der Waals surface area contributed by atoms with Gasteiger partial charge in [-0.2, -0.15) is 0 Å². The van der Waals surface area contributed by atoms with E-state index < -0.39 is 0 Å². The molecule has 0 saturated heterocycles. The highest BCUT2D eigenvalue weighted by Gasteiger charge is 2.12. The molecule has 2 aromatic rings. The topological polar surface area (TPSA) is 29.5 Å². The van der Waals surface area contributed by atoms with Crippen LogP contribution in [0.3, 0.4) is 0 Å². The van der Waals surface area contributed by atoms with E-state index in [-0.39, 0.29) is 5.91 Å². The number of amides is 1. The van der Waals surface area contributed by atoms with Gasteiger partial charge in [0.05, 0.1) is 6.54 Å². The Hall–Kier alpha value is -2.00. The predicted molar refractivity (Wildman–Crippen MR) is 89.8 cm³/mol. The maximum absolute atomic E-state index is 12.3. The summed E-state index contributed by atoms with van der Waals surface area (Å²) >= 11 is 5.82. The molecular weight excluding hydrogens is 298 g/mol. The summed E-state index contributed by atoms with van der Waals surface area (Å²) in [5, 5.41) is 0.675. The van der Waals surface area contributed by atoms with Gasteiger partial charge >= 0.3 is 0 Å². The standard InChI is InChI=1S/C18H20ClNO2/c1-13-4-5-15(12-14(13)2)18(21)20(3)10-11-22-17-8-6-16(19)7-9-17/h4-9,12H,10-11H2,1-3H3. The molecule has 0 aromatic heterocycles. The molecule has 0 atom stereocenters. The number of carbonyl (C=O) groups excluding carboxylic acids is 1. The van der Waals surface area contributed by atoms with Gasteiger partial charge in [0, 0.05) is 17.6 Å². The molecule has 4 heteroatoms. The lowest BCUT2D eigenvalue weighted by Gasteiger charge is -2.18. The first-order valence-electron chi connectivity index (χ1n) is 7.18. The summed E-state index contributed by atoms with van der Waals surface area (Å²) in [5.74, 6) is 0.749. The second-order valence-corrected chi connectivity index (χ2v) is 5.76. The molecule has 2 aromatic carbocycles. The lowest BCUT2D eigenvalue weighted by molar-refractivity contribution is 0.0773. The predicted octanol–water partition coefficient (Wildman–Crippen LogP) is 4.11. The third kappa shape index (κ3) is 4.25. The van der Waals surface area contributed by atoms with Gasteiger partial charge in [-0.15, -0.1) is 0 Å². The van der Waals surface area contributed by atoms with E-state index in [4.69, 9.17) is 16.3 Å². The van der Waals surface area contributed by atoms with Gasteiger partial charge in [-0.05, 0) is 61.4 Å². The number of rotatable bonds is 5. The molecule has 0 bridgehead atoms. The molecule has 1 amide bonds. The van der Waals surface area contributed by atoms with Gasteiger partial charge in [-0.1, -0.05) is 17.7 Å². The molecule has 0 aliphatic heterocycles. The minimum absolute atomic E-state index is 0.00260. The first-order chi connectivity index (χ1) is 10.5. The monoisotopic (exact) mass is 317 g/mol. The third-order valence-corrected chi connectivity index (χ3v) is 3.86. The van der Waals surface area contributed by atoms with E-state index in [0.29, 0.717) is 23.7 Å². The second-order valence-electron chi connectivity index (χ2n) is 5.33. The van der Waals surface area contributed by atoms with Crippen molar-refractivity contribution in [2.75, 3.05) is 20.2 Å². The summed E-state index contributed by atoms with van der Waals surface area (Å²) in [6.07, 6.45) is 0. The number of ether oxygens (including phenoxy) is 1. The van der Waals surface area contributed by atoms with Gasteiger partial charge in [0.15, 0.2) is 0 Å². The van der Waals surface area contributed by atoms with Crippen LogP contribution in [0.2, 0.25) is 5.02 Å². The average Bonchev–Trinajstić information content (AvgIpc) is 2.51. The number of hydrogen-bond acceptors (Lipinski definition) is 2. The molecule has 0 spiro atoms. The molecule has 0 N–H and O–H groups in total. The molecule has 0 heterocycles. The lowest BCUT2D eigenvalue weighted by Crippen LogP contribution is -2.30. The molecule has 0 saturated carbocycles. The largest absolute Gasteiger partial charge is 0.492 e. The smallest absolute Gasteiger partial charge is 0.253 e. The molecule has 3 nitrogen and oxygen atoms in total. The van der Waals surface area contributed by atoms with Crippen molar-refractivity contribution < 1.29 is 9.53 Å². The third-order valence-electron chi connectivity index (χ3n) is 3.61. The van der Waals surface area contributed by atoms with Crippen molar-refractivity contribution in [1.29, 1.82) is 0 Å². The van der Waals surface area contributed by atoms with E-state index in [1.165, 1.54) is 5.56 Å². The quantitative estimate of drug-likeness (QED) is 0.830. The van der Waals surface area contributed by atoms with Crippen molar-refractivity contribution >= 4 is 17.5 Å². The number of carbonyl (C=O) groups is 1. The maximum Gasteiger partial charge on any atom is 0.253 e. The highest BCUT2D eigenvalue weighted by molar-refractivity contribution is 6.30. The van der Waals surface area contributed by atoms with E-state index in [0.717, 1.165) is 11.3 Å². The van der Waals surface area contributed by atoms with Crippen LogP contribution < -0.4 is 4.74 Å². The summed E-state index contributed by atoms with van der Waals surface area (Å²) in [4.78, 5) is 14.0. The van der Waals surface area contributed by atoms with Crippen LogP contribution >= 0.6 is 11.6 Å². The van der Waals surface area contributed by atoms with E-state index in [9.17, 15) is 4.79 Å². The molecule has 116 valence electrons. The van der Waals surface area contributed by atoms with Crippen LogP contribution in [0, 0.1) is 13.8 Å². The van der Waals surface area contributed by atoms with Crippen LogP contribution in [-0.2, 0) is 0 Å². The van der Waals surface area contributed by atoms with Crippen molar-refractivity contribution in [2.45, 2.75) is 13.8 Å². The van der Waals surface area contributed by atoms with E-state index >= 15 is 0 Å². The Morgan fingerprint density at radius 1 is 1.09 bits per heavy atom. The minimum Gasteiger partial charge on any atom is -0.492 e. The lowest BCUT2D eigenvalue weighted by atomic mass is 10.1. The Morgan fingerprint density at radius 3 is 2.41 bits per heavy atom. The zero-order chi connectivity index (χ0) is 16.1. The molecule has 22 heavy (non-hydrogen) atoms. The first kappa shape index (κ1) is 16.4. The minimum atomic E-state index is 0.00260. The van der Waals surface area contributed by atoms with Crippen LogP contribution in [-0.4, -0.2) is 31.0 Å². The van der Waals surface area contributed by atoms with E-state index in [1.54, 1.807) is 24.1 Å². The van der Waals surface area contributed by atoms with Gasteiger partial charge in [0.2, 0.25) is 0 Å². The van der Waals surface area contributed by atoms with E-state index in [1.807, 2.05) is 44.2 Å². The Morgan fingerprint density at radius 2 is 1.77 bits per heavy atom. The fourth-order valence-electron chi connectivity index (χ4n) is 2.03. The SMILES string of the molecule is Cc1ccc(C(=O)N(C)CCOc2ccc(Cl)cc2)cc1C. The molecule has 2 rings (SSSR count). The number of halogens is 1. The molecule has 0 aliphatic rings. The van der Waals surface area contributed by atoms with Crippen LogP contribution in [0.25, 0.3) is 0 Å². The highest BCUT2D eigenvalue weighted by atomic mass is 35.5. The summed E-state index contributed by atoms with van der Waals surface area (Å²) in [5.41, 5.74) is 3.01. The molecule has 0 aliphatic carbocycles.